The molecule has 4 atom stereocenters. The van der Waals surface area contributed by atoms with Crippen LogP contribution in [0.3, 0.4) is 0 Å². The van der Waals surface area contributed by atoms with E-state index < -0.39 is 0 Å². The van der Waals surface area contributed by atoms with Crippen molar-refractivity contribution in [2.24, 2.45) is 0 Å². The summed E-state index contributed by atoms with van der Waals surface area (Å²) < 4.78 is 22.0. The quantitative estimate of drug-likeness (QED) is 0.676. The third kappa shape index (κ3) is 1.70. The Morgan fingerprint density at radius 3 is 1.06 bits per heavy atom. The molecule has 0 amide bonds. The van der Waals surface area contributed by atoms with Crippen LogP contribution in [0.2, 0.25) is 0 Å². The minimum absolute atomic E-state index is 0.116. The van der Waals surface area contributed by atoms with Gasteiger partial charge in [0.2, 0.25) is 0 Å². The average molecular weight is 228 g/mol. The van der Waals surface area contributed by atoms with E-state index in [4.69, 9.17) is 18.9 Å². The fraction of sp³-hybridized carbons (Fsp3) is 0.833. The molecule has 0 radical (unpaired) electrons. The summed E-state index contributed by atoms with van der Waals surface area (Å²) in [6.07, 6.45) is 2.21. The van der Waals surface area contributed by atoms with E-state index in [1.165, 1.54) is 11.1 Å². The summed E-state index contributed by atoms with van der Waals surface area (Å²) in [5.41, 5.74) is 2.48. The Hall–Kier alpha value is -0.420. The van der Waals surface area contributed by atoms with Gasteiger partial charge in [-0.1, -0.05) is 0 Å². The lowest BCUT2D eigenvalue weighted by atomic mass is 10.1. The Morgan fingerprint density at radius 2 is 0.875 bits per heavy atom. The lowest BCUT2D eigenvalue weighted by molar-refractivity contribution is 0.0208. The van der Waals surface area contributed by atoms with Gasteiger partial charge in [0.05, 0.1) is 24.4 Å². The van der Waals surface area contributed by atoms with Crippen LogP contribution in [-0.4, -0.2) is 52.9 Å². The second-order valence-corrected chi connectivity index (χ2v) is 4.28. The van der Waals surface area contributed by atoms with Crippen LogP contribution in [-0.2, 0) is 18.9 Å². The zero-order valence-corrected chi connectivity index (χ0v) is 10.4. The van der Waals surface area contributed by atoms with Gasteiger partial charge in [-0.05, 0) is 11.1 Å². The van der Waals surface area contributed by atoms with E-state index in [0.717, 1.165) is 12.8 Å². The monoisotopic (exact) mass is 228 g/mol. The van der Waals surface area contributed by atoms with Crippen molar-refractivity contribution in [1.82, 2.24) is 0 Å². The van der Waals surface area contributed by atoms with E-state index >= 15 is 0 Å². The van der Waals surface area contributed by atoms with Crippen LogP contribution < -0.4 is 0 Å². The van der Waals surface area contributed by atoms with Gasteiger partial charge in [0, 0.05) is 41.3 Å². The van der Waals surface area contributed by atoms with Gasteiger partial charge in [-0.3, -0.25) is 0 Å². The van der Waals surface area contributed by atoms with Crippen molar-refractivity contribution in [2.45, 2.75) is 37.3 Å². The second kappa shape index (κ2) is 4.84. The SMILES string of the molecule is CO[C@H]1C[C@@H](OC)C2=C1[C@@H](OC)C[C@H]2OC. The Morgan fingerprint density at radius 1 is 0.625 bits per heavy atom. The molecule has 0 aliphatic heterocycles. The summed E-state index contributed by atoms with van der Waals surface area (Å²) in [6.45, 7) is 0. The molecule has 0 unspecified atom stereocenters. The van der Waals surface area contributed by atoms with Crippen LogP contribution in [0.15, 0.2) is 11.1 Å². The molecule has 0 N–H and O–H groups in total. The maximum absolute atomic E-state index is 5.51. The maximum Gasteiger partial charge on any atom is 0.0838 e. The van der Waals surface area contributed by atoms with Crippen LogP contribution in [0.25, 0.3) is 0 Å². The van der Waals surface area contributed by atoms with Crippen molar-refractivity contribution in [3.05, 3.63) is 11.1 Å². The highest BCUT2D eigenvalue weighted by molar-refractivity contribution is 5.40. The zero-order chi connectivity index (χ0) is 11.7. The molecule has 4 heteroatoms. The van der Waals surface area contributed by atoms with Crippen LogP contribution in [0.5, 0.6) is 0 Å². The molecule has 0 heterocycles. The smallest absolute Gasteiger partial charge is 0.0838 e. The first-order valence-electron chi connectivity index (χ1n) is 5.61. The van der Waals surface area contributed by atoms with E-state index in [1.807, 2.05) is 0 Å². The molecule has 0 aromatic rings. The summed E-state index contributed by atoms with van der Waals surface area (Å²) in [5, 5.41) is 0. The molecule has 92 valence electrons. The Kier molecular flexibility index (Phi) is 3.64. The Balaban J connectivity index is 2.31. The minimum Gasteiger partial charge on any atom is -0.377 e. The molecule has 0 bridgehead atoms. The summed E-state index contributed by atoms with van der Waals surface area (Å²) >= 11 is 0. The van der Waals surface area contributed by atoms with Gasteiger partial charge < -0.3 is 18.9 Å². The Bertz CT molecular complexity index is 235. The van der Waals surface area contributed by atoms with Gasteiger partial charge in [0.1, 0.15) is 0 Å². The van der Waals surface area contributed by atoms with Crippen LogP contribution in [0.4, 0.5) is 0 Å². The predicted molar refractivity (Wildman–Crippen MR) is 59.4 cm³/mol. The Labute approximate surface area is 96.5 Å². The van der Waals surface area contributed by atoms with E-state index in [0.29, 0.717) is 0 Å². The molecule has 0 saturated heterocycles. The summed E-state index contributed by atoms with van der Waals surface area (Å²) in [5.74, 6) is 0. The molecule has 16 heavy (non-hydrogen) atoms. The topological polar surface area (TPSA) is 36.9 Å². The molecule has 4 nitrogen and oxygen atoms in total. The second-order valence-electron chi connectivity index (χ2n) is 4.28. The summed E-state index contributed by atoms with van der Waals surface area (Å²) in [4.78, 5) is 0. The fourth-order valence-electron chi connectivity index (χ4n) is 2.95. The van der Waals surface area contributed by atoms with Crippen molar-refractivity contribution in [1.29, 1.82) is 0 Å². The van der Waals surface area contributed by atoms with Crippen molar-refractivity contribution in [2.75, 3.05) is 28.4 Å². The number of hydrogen-bond donors (Lipinski definition) is 0. The molecule has 2 aliphatic carbocycles. The van der Waals surface area contributed by atoms with Crippen molar-refractivity contribution in [3.8, 4) is 0 Å². The molecule has 2 rings (SSSR count). The van der Waals surface area contributed by atoms with Gasteiger partial charge in [0.15, 0.2) is 0 Å². The third-order valence-corrected chi connectivity index (χ3v) is 3.72. The van der Waals surface area contributed by atoms with E-state index in [-0.39, 0.29) is 24.4 Å². The number of rotatable bonds is 4. The first kappa shape index (κ1) is 12.0. The maximum atomic E-state index is 5.51. The molecule has 2 aliphatic rings. The van der Waals surface area contributed by atoms with Gasteiger partial charge in [-0.15, -0.1) is 0 Å². The number of hydrogen-bond acceptors (Lipinski definition) is 4. The third-order valence-electron chi connectivity index (χ3n) is 3.72. The molecule has 0 spiro atoms. The minimum atomic E-state index is 0.116. The first-order valence-corrected chi connectivity index (χ1v) is 5.61. The van der Waals surface area contributed by atoms with Gasteiger partial charge in [-0.25, -0.2) is 0 Å². The lowest BCUT2D eigenvalue weighted by Gasteiger charge is -2.22. The number of methoxy groups -OCH3 is 4. The highest BCUT2D eigenvalue weighted by Gasteiger charge is 2.46. The van der Waals surface area contributed by atoms with Crippen LogP contribution >= 0.6 is 0 Å². The summed E-state index contributed by atoms with van der Waals surface area (Å²) in [7, 11) is 6.95. The highest BCUT2D eigenvalue weighted by Crippen LogP contribution is 2.43. The van der Waals surface area contributed by atoms with Gasteiger partial charge in [0.25, 0.3) is 0 Å². The largest absolute Gasteiger partial charge is 0.377 e. The van der Waals surface area contributed by atoms with Crippen molar-refractivity contribution in [3.63, 3.8) is 0 Å². The fourth-order valence-corrected chi connectivity index (χ4v) is 2.95. The van der Waals surface area contributed by atoms with Gasteiger partial charge >= 0.3 is 0 Å². The van der Waals surface area contributed by atoms with E-state index in [9.17, 15) is 0 Å². The molecule has 0 saturated carbocycles. The van der Waals surface area contributed by atoms with Crippen molar-refractivity contribution >= 4 is 0 Å². The normalized spacial score (nSPS) is 38.2. The van der Waals surface area contributed by atoms with Crippen LogP contribution in [0, 0.1) is 0 Å². The molecule has 0 aromatic carbocycles. The average Bonchev–Trinajstić information content (AvgIpc) is 2.85. The molecule has 0 fully saturated rings. The molecular formula is C12H20O4. The predicted octanol–water partition coefficient (Wildman–Crippen LogP) is 1.15. The van der Waals surface area contributed by atoms with E-state index in [1.54, 1.807) is 28.4 Å². The van der Waals surface area contributed by atoms with Crippen molar-refractivity contribution < 1.29 is 18.9 Å². The first-order chi connectivity index (χ1) is 7.76. The lowest BCUT2D eigenvalue weighted by Crippen LogP contribution is -2.26. The van der Waals surface area contributed by atoms with Crippen LogP contribution in [0.1, 0.15) is 12.8 Å². The number of ether oxygens (including phenoxy) is 4. The van der Waals surface area contributed by atoms with E-state index in [2.05, 4.69) is 0 Å². The standard InChI is InChI=1S/C12H20O4/c1-13-7-5-8(14-2)12-10(16-4)6-9(15-3)11(7)12/h7-10H,5-6H2,1-4H3/t7-,8+,9-,10+. The molecular weight excluding hydrogens is 208 g/mol. The zero-order valence-electron chi connectivity index (χ0n) is 10.4. The summed E-state index contributed by atoms with van der Waals surface area (Å²) in [6, 6.07) is 0. The highest BCUT2D eigenvalue weighted by atomic mass is 16.5. The van der Waals surface area contributed by atoms with Gasteiger partial charge in [-0.2, -0.15) is 0 Å². The molecule has 0 aromatic heterocycles.